The minimum Gasteiger partial charge on any atom is -0.335 e. The fraction of sp³-hybridized carbons (Fsp3) is 0. The van der Waals surface area contributed by atoms with E-state index in [0.717, 1.165) is 44.1 Å². The molecule has 0 saturated heterocycles. The first-order chi connectivity index (χ1) is 14.3. The average molecular weight is 402 g/mol. The molecule has 140 valence electrons. The van der Waals surface area contributed by atoms with Crippen molar-refractivity contribution in [2.45, 2.75) is 0 Å². The van der Waals surface area contributed by atoms with Gasteiger partial charge in [-0.25, -0.2) is 9.97 Å². The summed E-state index contributed by atoms with van der Waals surface area (Å²) in [4.78, 5) is 17.8. The molecule has 0 aliphatic carbocycles. The lowest BCUT2D eigenvalue weighted by molar-refractivity contribution is 0.657. The van der Waals surface area contributed by atoms with Crippen molar-refractivity contribution in [2.24, 2.45) is 0 Å². The van der Waals surface area contributed by atoms with Crippen molar-refractivity contribution >= 4 is 33.4 Å². The van der Waals surface area contributed by atoms with Gasteiger partial charge in [0.1, 0.15) is 11.0 Å². The summed E-state index contributed by atoms with van der Waals surface area (Å²) in [6, 6.07) is 6.99. The van der Waals surface area contributed by atoms with Crippen molar-refractivity contribution in [1.29, 1.82) is 0 Å². The number of rotatable bonds is 3. The molecule has 0 saturated carbocycles. The number of nitrogens with one attached hydrogen (secondary N) is 3. The minimum atomic E-state index is -0.248. The second kappa shape index (κ2) is 6.04. The molecule has 10 heteroatoms. The predicted octanol–water partition coefficient (Wildman–Crippen LogP) is 4.15. The summed E-state index contributed by atoms with van der Waals surface area (Å²) < 4.78 is 13.5. The van der Waals surface area contributed by atoms with Crippen LogP contribution >= 0.6 is 11.3 Å². The van der Waals surface area contributed by atoms with E-state index in [9.17, 15) is 4.39 Å². The molecule has 6 aromatic heterocycles. The second-order valence-corrected chi connectivity index (χ2v) is 7.46. The van der Waals surface area contributed by atoms with Crippen LogP contribution in [0.4, 0.5) is 4.39 Å². The number of aromatic nitrogens is 8. The van der Waals surface area contributed by atoms with Gasteiger partial charge in [0.15, 0.2) is 16.6 Å². The van der Waals surface area contributed by atoms with E-state index in [2.05, 4.69) is 30.4 Å². The van der Waals surface area contributed by atoms with Gasteiger partial charge in [0.2, 0.25) is 0 Å². The predicted molar refractivity (Wildman–Crippen MR) is 108 cm³/mol. The van der Waals surface area contributed by atoms with Gasteiger partial charge in [-0.05, 0) is 24.3 Å². The summed E-state index contributed by atoms with van der Waals surface area (Å²) in [5.74, 6) is 0.564. The molecule has 3 N–H and O–H groups in total. The van der Waals surface area contributed by atoms with Crippen LogP contribution in [0.25, 0.3) is 55.3 Å². The lowest BCUT2D eigenvalue weighted by atomic mass is 10.2. The van der Waals surface area contributed by atoms with E-state index >= 15 is 0 Å². The average Bonchev–Trinajstić information content (AvgIpc) is 3.51. The highest BCUT2D eigenvalue weighted by Gasteiger charge is 2.17. The van der Waals surface area contributed by atoms with Crippen LogP contribution in [-0.2, 0) is 0 Å². The van der Waals surface area contributed by atoms with Crippen LogP contribution in [0.15, 0.2) is 49.1 Å². The molecule has 0 aliphatic rings. The highest BCUT2D eigenvalue weighted by Crippen LogP contribution is 2.33. The van der Waals surface area contributed by atoms with Gasteiger partial charge in [0.05, 0.1) is 29.1 Å². The third-order valence-electron chi connectivity index (χ3n) is 4.66. The summed E-state index contributed by atoms with van der Waals surface area (Å²) in [6.45, 7) is 0. The van der Waals surface area contributed by atoms with E-state index in [4.69, 9.17) is 9.97 Å². The fourth-order valence-electron chi connectivity index (χ4n) is 3.30. The number of nitrogens with zero attached hydrogens (tertiary/aromatic N) is 5. The Balaban J connectivity index is 1.53. The van der Waals surface area contributed by atoms with Gasteiger partial charge in [-0.15, -0.1) is 11.3 Å². The van der Waals surface area contributed by atoms with Crippen LogP contribution in [0.5, 0.6) is 0 Å². The number of hydrogen-bond donors (Lipinski definition) is 3. The molecule has 0 aliphatic heterocycles. The molecule has 29 heavy (non-hydrogen) atoms. The second-order valence-electron chi connectivity index (χ2n) is 6.42. The molecular weight excluding hydrogens is 391 g/mol. The third-order valence-corrected chi connectivity index (χ3v) is 5.57. The number of aromatic amines is 3. The molecule has 0 radical (unpaired) electrons. The molecule has 0 atom stereocenters. The largest absolute Gasteiger partial charge is 0.335 e. The summed E-state index contributed by atoms with van der Waals surface area (Å²) in [5.41, 5.74) is 5.98. The van der Waals surface area contributed by atoms with E-state index in [1.807, 2.05) is 12.1 Å². The maximum absolute atomic E-state index is 13.5. The summed E-state index contributed by atoms with van der Waals surface area (Å²) in [6.07, 6.45) is 6.88. The normalized spacial score (nSPS) is 11.6. The van der Waals surface area contributed by atoms with Crippen LogP contribution in [0.1, 0.15) is 0 Å². The number of thiophene rings is 1. The zero-order valence-electron chi connectivity index (χ0n) is 14.6. The molecule has 0 unspecified atom stereocenters. The topological polar surface area (TPSA) is 112 Å². The number of halogens is 1. The van der Waals surface area contributed by atoms with Crippen molar-refractivity contribution < 1.29 is 4.39 Å². The first-order valence-corrected chi connectivity index (χ1v) is 9.52. The molecule has 8 nitrogen and oxygen atoms in total. The fourth-order valence-corrected chi connectivity index (χ4v) is 4.04. The molecule has 6 heterocycles. The smallest absolute Gasteiger partial charge is 0.176 e. The summed E-state index contributed by atoms with van der Waals surface area (Å²) in [7, 11) is 0. The monoisotopic (exact) mass is 402 g/mol. The number of hydrogen-bond acceptors (Lipinski definition) is 6. The Labute approximate surface area is 165 Å². The maximum atomic E-state index is 13.5. The Morgan fingerprint density at radius 2 is 1.90 bits per heavy atom. The van der Waals surface area contributed by atoms with Crippen molar-refractivity contribution in [1.82, 2.24) is 40.3 Å². The van der Waals surface area contributed by atoms with Crippen LogP contribution in [0.2, 0.25) is 0 Å². The number of pyridine rings is 2. The van der Waals surface area contributed by atoms with Crippen molar-refractivity contribution in [2.75, 3.05) is 0 Å². The SMILES string of the molecule is Fc1ccc(-c2cncc3[nH]c(-c4n[nH]c5ccc(-c6cn[nH]c6)nc45)nc23)s1. The Morgan fingerprint density at radius 3 is 2.72 bits per heavy atom. The Bertz CT molecular complexity index is 1480. The van der Waals surface area contributed by atoms with Gasteiger partial charge < -0.3 is 4.98 Å². The Hall–Kier alpha value is -3.92. The molecular formula is C19H11FN8S. The van der Waals surface area contributed by atoms with E-state index in [1.54, 1.807) is 30.9 Å². The van der Waals surface area contributed by atoms with Crippen LogP contribution in [0.3, 0.4) is 0 Å². The van der Waals surface area contributed by atoms with E-state index in [1.165, 1.54) is 6.07 Å². The quantitative estimate of drug-likeness (QED) is 0.412. The van der Waals surface area contributed by atoms with Gasteiger partial charge in [-0.1, -0.05) is 0 Å². The van der Waals surface area contributed by atoms with Gasteiger partial charge in [-0.2, -0.15) is 14.6 Å². The van der Waals surface area contributed by atoms with Gasteiger partial charge >= 0.3 is 0 Å². The van der Waals surface area contributed by atoms with E-state index in [-0.39, 0.29) is 5.13 Å². The van der Waals surface area contributed by atoms with Gasteiger partial charge in [0, 0.05) is 28.4 Å². The van der Waals surface area contributed by atoms with Gasteiger partial charge in [-0.3, -0.25) is 15.2 Å². The first kappa shape index (κ1) is 16.1. The Morgan fingerprint density at radius 1 is 0.931 bits per heavy atom. The van der Waals surface area contributed by atoms with Crippen molar-refractivity contribution in [3.05, 3.63) is 54.2 Å². The standard InChI is InChI=1S/C19H11FN8S/c20-15-4-3-14(29-15)10-7-21-8-13-16(10)26-19(25-13)18-17-12(27-28-18)2-1-11(24-17)9-5-22-23-6-9/h1-8H,(H,22,23)(H,25,26)(H,27,28). The van der Waals surface area contributed by atoms with E-state index in [0.29, 0.717) is 22.6 Å². The zero-order chi connectivity index (χ0) is 19.4. The Kier molecular flexibility index (Phi) is 3.35. The summed E-state index contributed by atoms with van der Waals surface area (Å²) >= 11 is 1.06. The molecule has 6 aromatic rings. The number of fused-ring (bicyclic) bond motifs is 2. The lowest BCUT2D eigenvalue weighted by Crippen LogP contribution is -1.86. The van der Waals surface area contributed by atoms with Gasteiger partial charge in [0.25, 0.3) is 0 Å². The minimum absolute atomic E-state index is 0.248. The van der Waals surface area contributed by atoms with Crippen LogP contribution in [0, 0.1) is 5.13 Å². The molecule has 6 rings (SSSR count). The molecule has 0 amide bonds. The van der Waals surface area contributed by atoms with Crippen molar-refractivity contribution in [3.63, 3.8) is 0 Å². The lowest BCUT2D eigenvalue weighted by Gasteiger charge is -1.97. The molecule has 0 aromatic carbocycles. The molecule has 0 fully saturated rings. The van der Waals surface area contributed by atoms with Crippen LogP contribution < -0.4 is 0 Å². The summed E-state index contributed by atoms with van der Waals surface area (Å²) in [5, 5.41) is 13.9. The van der Waals surface area contributed by atoms with Crippen LogP contribution in [-0.4, -0.2) is 40.3 Å². The zero-order valence-corrected chi connectivity index (χ0v) is 15.5. The number of H-pyrrole nitrogens is 3. The third kappa shape index (κ3) is 2.53. The first-order valence-electron chi connectivity index (χ1n) is 8.70. The maximum Gasteiger partial charge on any atom is 0.176 e. The highest BCUT2D eigenvalue weighted by molar-refractivity contribution is 7.14. The van der Waals surface area contributed by atoms with E-state index < -0.39 is 0 Å². The molecule has 0 bridgehead atoms. The molecule has 0 spiro atoms. The highest BCUT2D eigenvalue weighted by atomic mass is 32.1. The van der Waals surface area contributed by atoms with Crippen molar-refractivity contribution in [3.8, 4) is 33.2 Å². The number of imidazole rings is 1.